The van der Waals surface area contributed by atoms with Crippen molar-refractivity contribution in [1.29, 1.82) is 5.26 Å². The summed E-state index contributed by atoms with van der Waals surface area (Å²) < 4.78 is 26.9. The van der Waals surface area contributed by atoms with Crippen LogP contribution in [0.1, 0.15) is 30.7 Å². The van der Waals surface area contributed by atoms with Gasteiger partial charge in [-0.1, -0.05) is 5.21 Å². The monoisotopic (exact) mass is 242 g/mol. The molecule has 0 bridgehead atoms. The van der Waals surface area contributed by atoms with Gasteiger partial charge in [0.25, 0.3) is 6.43 Å². The first-order valence-corrected chi connectivity index (χ1v) is 5.30. The van der Waals surface area contributed by atoms with Gasteiger partial charge in [-0.2, -0.15) is 5.26 Å². The molecule has 1 N–H and O–H groups in total. The quantitative estimate of drug-likeness (QED) is 0.837. The summed E-state index contributed by atoms with van der Waals surface area (Å²) in [5, 5.41) is 24.9. The minimum Gasteiger partial charge on any atom is -0.396 e. The number of aromatic nitrogens is 3. The SMILES string of the molecule is N#CCc1nnn(CC2(CO)CC2)c1C(F)F. The molecule has 1 aromatic rings. The molecule has 0 aliphatic heterocycles. The average molecular weight is 242 g/mol. The Bertz CT molecular complexity index is 448. The van der Waals surface area contributed by atoms with E-state index < -0.39 is 6.43 Å². The third-order valence-corrected chi connectivity index (χ3v) is 3.08. The summed E-state index contributed by atoms with van der Waals surface area (Å²) in [7, 11) is 0. The molecule has 0 atom stereocenters. The van der Waals surface area contributed by atoms with Crippen LogP contribution in [-0.4, -0.2) is 26.7 Å². The number of aliphatic hydroxyl groups is 1. The van der Waals surface area contributed by atoms with Crippen molar-refractivity contribution in [2.45, 2.75) is 32.2 Å². The van der Waals surface area contributed by atoms with Gasteiger partial charge in [0.05, 0.1) is 25.6 Å². The molecule has 92 valence electrons. The minimum absolute atomic E-state index is 0.0243. The molecule has 1 heterocycles. The van der Waals surface area contributed by atoms with E-state index in [2.05, 4.69) is 10.3 Å². The van der Waals surface area contributed by atoms with Crippen LogP contribution in [0.15, 0.2) is 0 Å². The molecule has 1 fully saturated rings. The zero-order valence-electron chi connectivity index (χ0n) is 9.10. The number of aliphatic hydroxyl groups excluding tert-OH is 1. The Labute approximate surface area is 96.7 Å². The molecule has 5 nitrogen and oxygen atoms in total. The summed E-state index contributed by atoms with van der Waals surface area (Å²) in [5.41, 5.74) is -0.594. The van der Waals surface area contributed by atoms with Gasteiger partial charge in [-0.15, -0.1) is 5.10 Å². The zero-order valence-corrected chi connectivity index (χ0v) is 9.10. The molecule has 0 aromatic carbocycles. The van der Waals surface area contributed by atoms with E-state index in [4.69, 9.17) is 10.4 Å². The molecule has 1 aliphatic carbocycles. The molecule has 2 rings (SSSR count). The topological polar surface area (TPSA) is 74.7 Å². The zero-order chi connectivity index (χ0) is 12.5. The summed E-state index contributed by atoms with van der Waals surface area (Å²) in [6.07, 6.45) is -1.27. The highest BCUT2D eigenvalue weighted by molar-refractivity contribution is 5.16. The van der Waals surface area contributed by atoms with E-state index in [1.54, 1.807) is 6.07 Å². The fourth-order valence-corrected chi connectivity index (χ4v) is 1.77. The number of rotatable bonds is 5. The van der Waals surface area contributed by atoms with Gasteiger partial charge in [0.15, 0.2) is 0 Å². The number of hydrogen-bond acceptors (Lipinski definition) is 4. The third kappa shape index (κ3) is 2.26. The van der Waals surface area contributed by atoms with E-state index in [0.717, 1.165) is 17.5 Å². The smallest absolute Gasteiger partial charge is 0.281 e. The molecule has 0 unspecified atom stereocenters. The fourth-order valence-electron chi connectivity index (χ4n) is 1.77. The van der Waals surface area contributed by atoms with Crippen molar-refractivity contribution in [2.24, 2.45) is 5.41 Å². The summed E-state index contributed by atoms with van der Waals surface area (Å²) >= 11 is 0. The second-order valence-corrected chi connectivity index (χ2v) is 4.37. The maximum Gasteiger partial charge on any atom is 0.281 e. The maximum absolute atomic E-state index is 12.9. The first-order chi connectivity index (χ1) is 8.12. The van der Waals surface area contributed by atoms with Crippen molar-refractivity contribution in [3.05, 3.63) is 11.4 Å². The Balaban J connectivity index is 2.25. The molecule has 7 heteroatoms. The van der Waals surface area contributed by atoms with Crippen LogP contribution in [0.25, 0.3) is 0 Å². The number of nitriles is 1. The molecular formula is C10H12F2N4O. The second kappa shape index (κ2) is 4.37. The average Bonchev–Trinajstić information content (AvgIpc) is 2.95. The van der Waals surface area contributed by atoms with Gasteiger partial charge < -0.3 is 5.11 Å². The molecule has 0 radical (unpaired) electrons. The third-order valence-electron chi connectivity index (χ3n) is 3.08. The van der Waals surface area contributed by atoms with Crippen LogP contribution >= 0.6 is 0 Å². The number of nitrogens with zero attached hydrogens (tertiary/aromatic N) is 4. The standard InChI is InChI=1S/C10H12F2N4O/c11-9(12)8-7(1-4-13)14-15-16(8)5-10(6-17)2-3-10/h9,17H,1-3,5-6H2. The highest BCUT2D eigenvalue weighted by Gasteiger charge is 2.43. The van der Waals surface area contributed by atoms with E-state index in [1.807, 2.05) is 0 Å². The van der Waals surface area contributed by atoms with E-state index in [0.29, 0.717) is 0 Å². The number of alkyl halides is 2. The van der Waals surface area contributed by atoms with Crippen molar-refractivity contribution in [2.75, 3.05) is 6.61 Å². The molecule has 1 saturated carbocycles. The van der Waals surface area contributed by atoms with E-state index in [1.165, 1.54) is 0 Å². The Hall–Kier alpha value is -1.55. The Morgan fingerprint density at radius 1 is 1.53 bits per heavy atom. The number of hydrogen-bond donors (Lipinski definition) is 1. The molecule has 17 heavy (non-hydrogen) atoms. The lowest BCUT2D eigenvalue weighted by atomic mass is 10.1. The van der Waals surface area contributed by atoms with Crippen molar-refractivity contribution in [1.82, 2.24) is 15.0 Å². The molecule has 0 spiro atoms. The minimum atomic E-state index is -2.71. The largest absolute Gasteiger partial charge is 0.396 e. The number of halogens is 2. The van der Waals surface area contributed by atoms with Crippen LogP contribution in [0.4, 0.5) is 8.78 Å². The molecular weight excluding hydrogens is 230 g/mol. The van der Waals surface area contributed by atoms with Gasteiger partial charge in [0.2, 0.25) is 0 Å². The van der Waals surface area contributed by atoms with E-state index >= 15 is 0 Å². The van der Waals surface area contributed by atoms with E-state index in [9.17, 15) is 8.78 Å². The van der Waals surface area contributed by atoms with Crippen LogP contribution < -0.4 is 0 Å². The fraction of sp³-hybridized carbons (Fsp3) is 0.700. The van der Waals surface area contributed by atoms with E-state index in [-0.39, 0.29) is 36.4 Å². The summed E-state index contributed by atoms with van der Waals surface area (Å²) in [4.78, 5) is 0. The highest BCUT2D eigenvalue weighted by atomic mass is 19.3. The molecule has 1 aliphatic rings. The van der Waals surface area contributed by atoms with Crippen LogP contribution in [0.2, 0.25) is 0 Å². The van der Waals surface area contributed by atoms with Crippen molar-refractivity contribution in [3.8, 4) is 6.07 Å². The van der Waals surface area contributed by atoms with Gasteiger partial charge in [-0.05, 0) is 12.8 Å². The predicted octanol–water partition coefficient (Wildman–Crippen LogP) is 1.05. The van der Waals surface area contributed by atoms with Crippen LogP contribution in [0, 0.1) is 16.7 Å². The first kappa shape index (κ1) is 11.9. The van der Waals surface area contributed by atoms with Crippen molar-refractivity contribution in [3.63, 3.8) is 0 Å². The van der Waals surface area contributed by atoms with Crippen LogP contribution in [0.3, 0.4) is 0 Å². The van der Waals surface area contributed by atoms with Gasteiger partial charge in [0.1, 0.15) is 11.4 Å². The molecule has 0 saturated heterocycles. The normalized spacial score (nSPS) is 17.1. The van der Waals surface area contributed by atoms with Gasteiger partial charge in [0, 0.05) is 5.41 Å². The Kier molecular flexibility index (Phi) is 3.07. The highest BCUT2D eigenvalue weighted by Crippen LogP contribution is 2.46. The first-order valence-electron chi connectivity index (χ1n) is 5.30. The van der Waals surface area contributed by atoms with Crippen LogP contribution in [-0.2, 0) is 13.0 Å². The maximum atomic E-state index is 12.9. The lowest BCUT2D eigenvalue weighted by Crippen LogP contribution is -2.19. The van der Waals surface area contributed by atoms with Gasteiger partial charge in [-0.3, -0.25) is 0 Å². The lowest BCUT2D eigenvalue weighted by molar-refractivity contribution is 0.129. The Morgan fingerprint density at radius 2 is 2.24 bits per heavy atom. The summed E-state index contributed by atoms with van der Waals surface area (Å²) in [6, 6.07) is 1.79. The Morgan fingerprint density at radius 3 is 2.71 bits per heavy atom. The second-order valence-electron chi connectivity index (χ2n) is 4.37. The van der Waals surface area contributed by atoms with Gasteiger partial charge in [-0.25, -0.2) is 13.5 Å². The summed E-state index contributed by atoms with van der Waals surface area (Å²) in [6.45, 7) is 0.199. The van der Waals surface area contributed by atoms with Crippen molar-refractivity contribution >= 4 is 0 Å². The predicted molar refractivity (Wildman–Crippen MR) is 53.0 cm³/mol. The molecule has 0 amide bonds. The van der Waals surface area contributed by atoms with Gasteiger partial charge >= 0.3 is 0 Å². The molecule has 1 aromatic heterocycles. The lowest BCUT2D eigenvalue weighted by Gasteiger charge is -2.13. The summed E-state index contributed by atoms with van der Waals surface area (Å²) in [5.74, 6) is 0. The van der Waals surface area contributed by atoms with Crippen molar-refractivity contribution < 1.29 is 13.9 Å². The van der Waals surface area contributed by atoms with Crippen LogP contribution in [0.5, 0.6) is 0 Å².